The average Bonchev–Trinajstić information content (AvgIpc) is 2.17. The van der Waals surface area contributed by atoms with Crippen LogP contribution in [0.1, 0.15) is 11.4 Å². The van der Waals surface area contributed by atoms with Gasteiger partial charge < -0.3 is 0 Å². The van der Waals surface area contributed by atoms with Gasteiger partial charge in [0.25, 0.3) is 0 Å². The van der Waals surface area contributed by atoms with E-state index < -0.39 is 5.95 Å². The van der Waals surface area contributed by atoms with Crippen LogP contribution in [0.5, 0.6) is 0 Å². The Bertz CT molecular complexity index is 497. The zero-order chi connectivity index (χ0) is 10.8. The lowest BCUT2D eigenvalue weighted by molar-refractivity contribution is 0.583. The highest BCUT2D eigenvalue weighted by atomic mass is 19.1. The van der Waals surface area contributed by atoms with E-state index in [4.69, 9.17) is 0 Å². The maximum absolute atomic E-state index is 13.5. The van der Waals surface area contributed by atoms with E-state index in [9.17, 15) is 4.39 Å². The Morgan fingerprint density at radius 1 is 1.00 bits per heavy atom. The maximum atomic E-state index is 13.5. The fourth-order valence-electron chi connectivity index (χ4n) is 1.31. The number of pyridine rings is 1. The highest BCUT2D eigenvalue weighted by molar-refractivity contribution is 5.57. The molecule has 15 heavy (non-hydrogen) atoms. The molecule has 0 radical (unpaired) electrons. The monoisotopic (exact) mass is 203 g/mol. The van der Waals surface area contributed by atoms with Gasteiger partial charge in [0.15, 0.2) is 0 Å². The summed E-state index contributed by atoms with van der Waals surface area (Å²) in [5, 5.41) is 0. The molecule has 0 aromatic carbocycles. The largest absolute Gasteiger partial charge is 0.261 e. The Hall–Kier alpha value is -1.84. The number of hydrogen-bond acceptors (Lipinski definition) is 3. The van der Waals surface area contributed by atoms with Gasteiger partial charge in [-0.05, 0) is 26.0 Å². The van der Waals surface area contributed by atoms with Gasteiger partial charge in [-0.2, -0.15) is 4.39 Å². The summed E-state index contributed by atoms with van der Waals surface area (Å²) < 4.78 is 13.5. The number of hydrogen-bond donors (Lipinski definition) is 0. The molecule has 0 fully saturated rings. The maximum Gasteiger partial charge on any atom is 0.222 e. The third-order valence-corrected chi connectivity index (χ3v) is 2.02. The van der Waals surface area contributed by atoms with E-state index >= 15 is 0 Å². The summed E-state index contributed by atoms with van der Waals surface area (Å²) in [5.74, 6) is -0.505. The smallest absolute Gasteiger partial charge is 0.222 e. The number of halogens is 1. The lowest BCUT2D eigenvalue weighted by atomic mass is 10.2. The summed E-state index contributed by atoms with van der Waals surface area (Å²) >= 11 is 0. The minimum Gasteiger partial charge on any atom is -0.261 e. The number of nitrogens with zero attached hydrogens (tertiary/aromatic N) is 3. The molecule has 0 N–H and O–H groups in total. The topological polar surface area (TPSA) is 38.7 Å². The first-order chi connectivity index (χ1) is 7.16. The normalized spacial score (nSPS) is 10.3. The van der Waals surface area contributed by atoms with Crippen molar-refractivity contribution in [2.24, 2.45) is 0 Å². The molecule has 0 saturated heterocycles. The van der Waals surface area contributed by atoms with Crippen molar-refractivity contribution in [2.45, 2.75) is 13.8 Å². The molecule has 3 nitrogen and oxygen atoms in total. The molecule has 2 aromatic rings. The summed E-state index contributed by atoms with van der Waals surface area (Å²) in [4.78, 5) is 11.9. The van der Waals surface area contributed by atoms with Crippen molar-refractivity contribution in [3.8, 4) is 11.3 Å². The Kier molecular flexibility index (Phi) is 2.41. The second kappa shape index (κ2) is 3.73. The third-order valence-electron chi connectivity index (χ3n) is 2.02. The second-order valence-electron chi connectivity index (χ2n) is 3.34. The van der Waals surface area contributed by atoms with E-state index in [2.05, 4.69) is 15.0 Å². The quantitative estimate of drug-likeness (QED) is 0.667. The van der Waals surface area contributed by atoms with Gasteiger partial charge in [-0.1, -0.05) is 0 Å². The summed E-state index contributed by atoms with van der Waals surface area (Å²) in [6.07, 6.45) is 3.16. The van der Waals surface area contributed by atoms with Gasteiger partial charge in [-0.15, -0.1) is 0 Å². The lowest BCUT2D eigenvalue weighted by Crippen LogP contribution is -1.95. The first kappa shape index (κ1) is 9.71. The van der Waals surface area contributed by atoms with Gasteiger partial charge in [0.1, 0.15) is 0 Å². The van der Waals surface area contributed by atoms with Gasteiger partial charge in [-0.25, -0.2) is 9.97 Å². The van der Waals surface area contributed by atoms with Crippen LogP contribution in [0.4, 0.5) is 4.39 Å². The predicted octanol–water partition coefficient (Wildman–Crippen LogP) is 2.29. The molecule has 0 spiro atoms. The lowest BCUT2D eigenvalue weighted by Gasteiger charge is -2.02. The molecular formula is C11H10FN3. The van der Waals surface area contributed by atoms with Crippen molar-refractivity contribution in [1.82, 2.24) is 15.0 Å². The molecule has 0 saturated carbocycles. The van der Waals surface area contributed by atoms with Crippen LogP contribution in [0, 0.1) is 19.8 Å². The molecule has 0 aliphatic carbocycles. The zero-order valence-corrected chi connectivity index (χ0v) is 8.53. The molecule has 4 heteroatoms. The zero-order valence-electron chi connectivity index (χ0n) is 8.53. The van der Waals surface area contributed by atoms with E-state index in [0.717, 1.165) is 5.69 Å². The molecule has 2 rings (SSSR count). The van der Waals surface area contributed by atoms with Crippen molar-refractivity contribution in [2.75, 3.05) is 0 Å². The van der Waals surface area contributed by atoms with E-state index in [1.54, 1.807) is 25.3 Å². The van der Waals surface area contributed by atoms with E-state index in [1.165, 1.54) is 6.20 Å². The van der Waals surface area contributed by atoms with Gasteiger partial charge in [0.05, 0.1) is 23.1 Å². The van der Waals surface area contributed by atoms with Gasteiger partial charge >= 0.3 is 0 Å². The van der Waals surface area contributed by atoms with Crippen LogP contribution in [-0.4, -0.2) is 15.0 Å². The molecule has 0 unspecified atom stereocenters. The summed E-state index contributed by atoms with van der Waals surface area (Å²) in [7, 11) is 0. The molecule has 0 atom stereocenters. The second-order valence-corrected chi connectivity index (χ2v) is 3.34. The van der Waals surface area contributed by atoms with Gasteiger partial charge in [-0.3, -0.25) is 4.98 Å². The molecule has 0 aliphatic rings. The molecular weight excluding hydrogens is 193 g/mol. The van der Waals surface area contributed by atoms with Crippen LogP contribution in [0.25, 0.3) is 11.3 Å². The van der Waals surface area contributed by atoms with E-state index in [0.29, 0.717) is 17.0 Å². The molecule has 0 aliphatic heterocycles. The summed E-state index contributed by atoms with van der Waals surface area (Å²) in [5.41, 5.74) is 2.31. The van der Waals surface area contributed by atoms with E-state index in [1.807, 2.05) is 6.92 Å². The van der Waals surface area contributed by atoms with Crippen molar-refractivity contribution < 1.29 is 4.39 Å². The van der Waals surface area contributed by atoms with Crippen molar-refractivity contribution >= 4 is 0 Å². The predicted molar refractivity (Wildman–Crippen MR) is 54.7 cm³/mol. The van der Waals surface area contributed by atoms with Crippen LogP contribution < -0.4 is 0 Å². The first-order valence-electron chi connectivity index (χ1n) is 4.59. The molecule has 2 heterocycles. The minimum atomic E-state index is -0.505. The van der Waals surface area contributed by atoms with Crippen molar-refractivity contribution in [3.05, 3.63) is 41.9 Å². The van der Waals surface area contributed by atoms with Gasteiger partial charge in [0, 0.05) is 11.9 Å². The molecule has 76 valence electrons. The fourth-order valence-corrected chi connectivity index (χ4v) is 1.31. The Balaban J connectivity index is 2.54. The summed E-state index contributed by atoms with van der Waals surface area (Å²) in [6, 6.07) is 3.42. The highest BCUT2D eigenvalue weighted by Crippen LogP contribution is 2.18. The molecule has 2 aromatic heterocycles. The SMILES string of the molecule is Cc1cncc(-c2ccc(C)nc2F)n1. The third kappa shape index (κ3) is 1.98. The van der Waals surface area contributed by atoms with Crippen LogP contribution >= 0.6 is 0 Å². The van der Waals surface area contributed by atoms with Crippen LogP contribution in [0.2, 0.25) is 0 Å². The standard InChI is InChI=1S/C11H10FN3/c1-7-3-4-9(11(12)15-7)10-6-13-5-8(2)14-10/h3-6H,1-2H3. The summed E-state index contributed by atoms with van der Waals surface area (Å²) in [6.45, 7) is 3.56. The number of aryl methyl sites for hydroxylation is 2. The fraction of sp³-hybridized carbons (Fsp3) is 0.182. The van der Waals surface area contributed by atoms with Crippen LogP contribution in [0.3, 0.4) is 0 Å². The van der Waals surface area contributed by atoms with Crippen LogP contribution in [0.15, 0.2) is 24.5 Å². The Labute approximate surface area is 87.0 Å². The Morgan fingerprint density at radius 3 is 2.47 bits per heavy atom. The van der Waals surface area contributed by atoms with Crippen molar-refractivity contribution in [1.29, 1.82) is 0 Å². The molecule has 0 bridgehead atoms. The van der Waals surface area contributed by atoms with Crippen molar-refractivity contribution in [3.63, 3.8) is 0 Å². The average molecular weight is 203 g/mol. The van der Waals surface area contributed by atoms with E-state index in [-0.39, 0.29) is 0 Å². The van der Waals surface area contributed by atoms with Gasteiger partial charge in [0.2, 0.25) is 5.95 Å². The number of aromatic nitrogens is 3. The minimum absolute atomic E-state index is 0.386. The first-order valence-corrected chi connectivity index (χ1v) is 4.59. The molecule has 0 amide bonds. The van der Waals surface area contributed by atoms with Crippen LogP contribution in [-0.2, 0) is 0 Å². The number of rotatable bonds is 1. The highest BCUT2D eigenvalue weighted by Gasteiger charge is 2.07. The Morgan fingerprint density at radius 2 is 1.80 bits per heavy atom.